The molecule has 0 bridgehead atoms. The molecule has 104 valence electrons. The molecular weight excluding hydrogens is 266 g/mol. The van der Waals surface area contributed by atoms with Crippen molar-refractivity contribution < 1.29 is 4.92 Å². The monoisotopic (exact) mass is 279 g/mol. The summed E-state index contributed by atoms with van der Waals surface area (Å²) in [4.78, 5) is 15.1. The third-order valence-corrected chi connectivity index (χ3v) is 3.25. The van der Waals surface area contributed by atoms with E-state index >= 15 is 0 Å². The van der Waals surface area contributed by atoms with E-state index in [9.17, 15) is 10.1 Å². The van der Waals surface area contributed by atoms with Crippen LogP contribution in [0.15, 0.2) is 67.0 Å². The van der Waals surface area contributed by atoms with E-state index in [4.69, 9.17) is 0 Å². The van der Waals surface area contributed by atoms with Crippen LogP contribution in [0.2, 0.25) is 0 Å². The number of benzene rings is 2. The van der Waals surface area contributed by atoms with Crippen LogP contribution in [0.5, 0.6) is 0 Å². The normalized spacial score (nSPS) is 10.5. The van der Waals surface area contributed by atoms with Gasteiger partial charge in [-0.05, 0) is 11.6 Å². The second-order valence-electron chi connectivity index (χ2n) is 4.64. The minimum absolute atomic E-state index is 0.0676. The molecule has 1 heterocycles. The van der Waals surface area contributed by atoms with Crippen molar-refractivity contribution in [3.63, 3.8) is 0 Å². The third kappa shape index (κ3) is 2.67. The van der Waals surface area contributed by atoms with E-state index in [1.165, 1.54) is 6.07 Å². The van der Waals surface area contributed by atoms with Gasteiger partial charge in [-0.25, -0.2) is 4.98 Å². The second-order valence-corrected chi connectivity index (χ2v) is 4.64. The maximum atomic E-state index is 11.2. The zero-order valence-corrected chi connectivity index (χ0v) is 11.2. The van der Waals surface area contributed by atoms with Crippen molar-refractivity contribution in [3.05, 3.63) is 82.7 Å². The minimum Gasteiger partial charge on any atom is -0.326 e. The van der Waals surface area contributed by atoms with Gasteiger partial charge in [-0.15, -0.1) is 0 Å². The summed E-state index contributed by atoms with van der Waals surface area (Å²) in [5, 5.41) is 11.2. The lowest BCUT2D eigenvalue weighted by molar-refractivity contribution is -0.384. The zero-order chi connectivity index (χ0) is 14.7. The molecule has 0 aliphatic carbocycles. The standard InChI is InChI=1S/C16H13N3O2/c20-19(21)15-9-5-4-8-14(15)16-17-10-11-18(16)12-13-6-2-1-3-7-13/h1-11H,12H2. The molecule has 21 heavy (non-hydrogen) atoms. The highest BCUT2D eigenvalue weighted by Gasteiger charge is 2.18. The highest BCUT2D eigenvalue weighted by Crippen LogP contribution is 2.28. The van der Waals surface area contributed by atoms with Crippen LogP contribution in [0.1, 0.15) is 5.56 Å². The van der Waals surface area contributed by atoms with E-state index in [-0.39, 0.29) is 10.6 Å². The van der Waals surface area contributed by atoms with Crippen molar-refractivity contribution in [3.8, 4) is 11.4 Å². The molecule has 0 radical (unpaired) electrons. The van der Waals surface area contributed by atoms with Crippen molar-refractivity contribution in [2.24, 2.45) is 0 Å². The van der Waals surface area contributed by atoms with Crippen LogP contribution in [-0.4, -0.2) is 14.5 Å². The Bertz CT molecular complexity index is 766. The number of hydrogen-bond acceptors (Lipinski definition) is 3. The molecule has 5 nitrogen and oxygen atoms in total. The lowest BCUT2D eigenvalue weighted by Gasteiger charge is -2.08. The summed E-state index contributed by atoms with van der Waals surface area (Å²) < 4.78 is 1.91. The topological polar surface area (TPSA) is 61.0 Å². The van der Waals surface area contributed by atoms with Crippen LogP contribution in [-0.2, 0) is 6.54 Å². The first-order chi connectivity index (χ1) is 10.3. The van der Waals surface area contributed by atoms with Crippen molar-refractivity contribution in [1.82, 2.24) is 9.55 Å². The fraction of sp³-hybridized carbons (Fsp3) is 0.0625. The molecule has 2 aromatic carbocycles. The Morgan fingerprint density at radius 1 is 1.05 bits per heavy atom. The molecule has 0 fully saturated rings. The van der Waals surface area contributed by atoms with E-state index in [0.717, 1.165) is 5.56 Å². The highest BCUT2D eigenvalue weighted by atomic mass is 16.6. The van der Waals surface area contributed by atoms with Gasteiger partial charge in [-0.2, -0.15) is 0 Å². The summed E-state index contributed by atoms with van der Waals surface area (Å²) in [5.74, 6) is 0.603. The smallest absolute Gasteiger partial charge is 0.280 e. The van der Waals surface area contributed by atoms with E-state index in [2.05, 4.69) is 4.98 Å². The van der Waals surface area contributed by atoms with Gasteiger partial charge in [-0.1, -0.05) is 42.5 Å². The number of aromatic nitrogens is 2. The van der Waals surface area contributed by atoms with E-state index < -0.39 is 0 Å². The summed E-state index contributed by atoms with van der Waals surface area (Å²) in [6.45, 7) is 0.627. The maximum absolute atomic E-state index is 11.2. The van der Waals surface area contributed by atoms with Gasteiger partial charge in [0.15, 0.2) is 0 Å². The third-order valence-electron chi connectivity index (χ3n) is 3.25. The summed E-state index contributed by atoms with van der Waals surface area (Å²) in [7, 11) is 0. The number of nitrogens with zero attached hydrogens (tertiary/aromatic N) is 3. The first-order valence-electron chi connectivity index (χ1n) is 6.54. The molecule has 0 amide bonds. The number of nitro groups is 1. The molecule has 0 aliphatic rings. The Balaban J connectivity index is 2.02. The average Bonchev–Trinajstić information content (AvgIpc) is 2.96. The summed E-state index contributed by atoms with van der Waals surface area (Å²) in [5.41, 5.74) is 1.72. The van der Waals surface area contributed by atoms with E-state index in [0.29, 0.717) is 17.9 Å². The predicted octanol–water partition coefficient (Wildman–Crippen LogP) is 3.51. The van der Waals surface area contributed by atoms with Gasteiger partial charge in [-0.3, -0.25) is 10.1 Å². The number of para-hydroxylation sites is 1. The minimum atomic E-state index is -0.378. The summed E-state index contributed by atoms with van der Waals surface area (Å²) >= 11 is 0. The van der Waals surface area contributed by atoms with Crippen molar-refractivity contribution in [2.75, 3.05) is 0 Å². The largest absolute Gasteiger partial charge is 0.326 e. The summed E-state index contributed by atoms with van der Waals surface area (Å²) in [6, 6.07) is 16.6. The predicted molar refractivity (Wildman–Crippen MR) is 79.9 cm³/mol. The Morgan fingerprint density at radius 3 is 2.52 bits per heavy atom. The summed E-state index contributed by atoms with van der Waals surface area (Å²) in [6.07, 6.45) is 3.49. The van der Waals surface area contributed by atoms with Gasteiger partial charge in [0.25, 0.3) is 5.69 Å². The lowest BCUT2D eigenvalue weighted by atomic mass is 10.1. The Labute approximate surface area is 121 Å². The van der Waals surface area contributed by atoms with Gasteiger partial charge < -0.3 is 4.57 Å². The molecule has 0 aliphatic heterocycles. The Hall–Kier alpha value is -2.95. The van der Waals surface area contributed by atoms with Crippen molar-refractivity contribution >= 4 is 5.69 Å². The van der Waals surface area contributed by atoms with E-state index in [1.54, 1.807) is 24.4 Å². The Morgan fingerprint density at radius 2 is 1.76 bits per heavy atom. The van der Waals surface area contributed by atoms with Crippen LogP contribution >= 0.6 is 0 Å². The molecule has 3 aromatic rings. The maximum Gasteiger partial charge on any atom is 0.280 e. The van der Waals surface area contributed by atoms with Gasteiger partial charge in [0.1, 0.15) is 5.82 Å². The molecular formula is C16H13N3O2. The first-order valence-corrected chi connectivity index (χ1v) is 6.54. The molecule has 0 saturated heterocycles. The number of hydrogen-bond donors (Lipinski definition) is 0. The molecule has 1 aromatic heterocycles. The zero-order valence-electron chi connectivity index (χ0n) is 11.2. The first kappa shape index (κ1) is 13.1. The fourth-order valence-corrected chi connectivity index (χ4v) is 2.28. The molecule has 0 saturated carbocycles. The molecule has 0 atom stereocenters. The van der Waals surface area contributed by atoms with Crippen molar-refractivity contribution in [2.45, 2.75) is 6.54 Å². The number of nitro benzene ring substituents is 1. The molecule has 0 unspecified atom stereocenters. The average molecular weight is 279 g/mol. The molecule has 5 heteroatoms. The SMILES string of the molecule is O=[N+]([O-])c1ccccc1-c1nccn1Cc1ccccc1. The van der Waals surface area contributed by atoms with Crippen LogP contribution in [0.25, 0.3) is 11.4 Å². The van der Waals surface area contributed by atoms with Crippen molar-refractivity contribution in [1.29, 1.82) is 0 Å². The van der Waals surface area contributed by atoms with Crippen LogP contribution < -0.4 is 0 Å². The van der Waals surface area contributed by atoms with Gasteiger partial charge in [0, 0.05) is 25.0 Å². The van der Waals surface area contributed by atoms with Gasteiger partial charge in [0.2, 0.25) is 0 Å². The molecule has 3 rings (SSSR count). The van der Waals surface area contributed by atoms with E-state index in [1.807, 2.05) is 41.1 Å². The number of imidazole rings is 1. The molecule has 0 spiro atoms. The lowest BCUT2D eigenvalue weighted by Crippen LogP contribution is -2.02. The highest BCUT2D eigenvalue weighted by molar-refractivity contribution is 5.68. The van der Waals surface area contributed by atoms with Crippen LogP contribution in [0.4, 0.5) is 5.69 Å². The fourth-order valence-electron chi connectivity index (χ4n) is 2.28. The van der Waals surface area contributed by atoms with Gasteiger partial charge >= 0.3 is 0 Å². The van der Waals surface area contributed by atoms with Crippen LogP contribution in [0, 0.1) is 10.1 Å². The number of rotatable bonds is 4. The van der Waals surface area contributed by atoms with Crippen LogP contribution in [0.3, 0.4) is 0 Å². The quantitative estimate of drug-likeness (QED) is 0.542. The molecule has 0 N–H and O–H groups in total. The van der Waals surface area contributed by atoms with Gasteiger partial charge in [0.05, 0.1) is 10.5 Å². The Kier molecular flexibility index (Phi) is 3.47. The second kappa shape index (κ2) is 5.58.